The lowest BCUT2D eigenvalue weighted by atomic mass is 9.95. The van der Waals surface area contributed by atoms with E-state index in [1.165, 1.54) is 6.08 Å². The third kappa shape index (κ3) is 6.87. The SMILES string of the molecule is CC(C)CC(=O)Nc1ccc(NC(=O)/C=C2\CC(OC(=O)O)Nc3cc(Cl)cc(Cl)c32)cc1. The van der Waals surface area contributed by atoms with Gasteiger partial charge in [0.1, 0.15) is 0 Å². The molecule has 1 heterocycles. The molecule has 0 aliphatic carbocycles. The van der Waals surface area contributed by atoms with Crippen LogP contribution < -0.4 is 16.0 Å². The van der Waals surface area contributed by atoms with Crippen LogP contribution in [0.3, 0.4) is 0 Å². The summed E-state index contributed by atoms with van der Waals surface area (Å²) in [6.07, 6.45) is -0.501. The number of carbonyl (C=O) groups excluding carboxylic acids is 2. The van der Waals surface area contributed by atoms with Crippen molar-refractivity contribution in [3.8, 4) is 0 Å². The number of ether oxygens (including phenoxy) is 1. The number of carboxylic acid groups (broad SMARTS) is 1. The van der Waals surface area contributed by atoms with Crippen molar-refractivity contribution in [3.05, 3.63) is 58.1 Å². The summed E-state index contributed by atoms with van der Waals surface area (Å²) >= 11 is 12.4. The Hall–Kier alpha value is -3.23. The molecule has 4 N–H and O–H groups in total. The van der Waals surface area contributed by atoms with Crippen LogP contribution in [0.1, 0.15) is 32.3 Å². The second kappa shape index (κ2) is 10.6. The summed E-state index contributed by atoms with van der Waals surface area (Å²) in [5, 5.41) is 18.1. The predicted octanol–water partition coefficient (Wildman–Crippen LogP) is 5.84. The monoisotopic (exact) mass is 491 g/mol. The average molecular weight is 492 g/mol. The highest BCUT2D eigenvalue weighted by Gasteiger charge is 2.27. The maximum Gasteiger partial charge on any atom is 0.507 e. The van der Waals surface area contributed by atoms with Crippen LogP contribution in [-0.4, -0.2) is 29.3 Å². The minimum Gasteiger partial charge on any atom is -0.450 e. The van der Waals surface area contributed by atoms with Crippen molar-refractivity contribution in [2.24, 2.45) is 5.92 Å². The molecular formula is C23H23Cl2N3O5. The molecule has 1 unspecified atom stereocenters. The second-order valence-corrected chi connectivity index (χ2v) is 8.76. The van der Waals surface area contributed by atoms with Crippen LogP contribution in [0.2, 0.25) is 10.0 Å². The number of benzene rings is 2. The minimum atomic E-state index is -1.45. The first kappa shape index (κ1) is 24.4. The van der Waals surface area contributed by atoms with E-state index in [4.69, 9.17) is 33.0 Å². The largest absolute Gasteiger partial charge is 0.507 e. The van der Waals surface area contributed by atoms with Gasteiger partial charge in [-0.25, -0.2) is 4.79 Å². The smallest absolute Gasteiger partial charge is 0.450 e. The van der Waals surface area contributed by atoms with Crippen LogP contribution in [0, 0.1) is 5.92 Å². The zero-order valence-electron chi connectivity index (χ0n) is 17.9. The summed E-state index contributed by atoms with van der Waals surface area (Å²) in [4.78, 5) is 35.6. The fourth-order valence-electron chi connectivity index (χ4n) is 3.42. The molecule has 174 valence electrons. The van der Waals surface area contributed by atoms with Crippen molar-refractivity contribution in [1.29, 1.82) is 0 Å². The first-order valence-corrected chi connectivity index (χ1v) is 10.9. The van der Waals surface area contributed by atoms with Crippen LogP contribution in [0.15, 0.2) is 42.5 Å². The number of hydrogen-bond donors (Lipinski definition) is 4. The Morgan fingerprint density at radius 1 is 1.15 bits per heavy atom. The van der Waals surface area contributed by atoms with E-state index in [-0.39, 0.29) is 18.2 Å². The van der Waals surface area contributed by atoms with Crippen molar-refractivity contribution in [3.63, 3.8) is 0 Å². The topological polar surface area (TPSA) is 117 Å². The van der Waals surface area contributed by atoms with Gasteiger partial charge in [-0.1, -0.05) is 37.0 Å². The van der Waals surface area contributed by atoms with Gasteiger partial charge in [0, 0.05) is 46.6 Å². The van der Waals surface area contributed by atoms with Crippen molar-refractivity contribution < 1.29 is 24.2 Å². The maximum absolute atomic E-state index is 12.7. The Kier molecular flexibility index (Phi) is 7.84. The number of nitrogens with one attached hydrogen (secondary N) is 3. The maximum atomic E-state index is 12.7. The van der Waals surface area contributed by atoms with E-state index in [2.05, 4.69) is 16.0 Å². The molecular weight excluding hydrogens is 469 g/mol. The number of halogens is 2. The molecule has 0 saturated heterocycles. The third-order valence-corrected chi connectivity index (χ3v) is 5.19. The summed E-state index contributed by atoms with van der Waals surface area (Å²) in [7, 11) is 0. The summed E-state index contributed by atoms with van der Waals surface area (Å²) in [6, 6.07) is 9.84. The van der Waals surface area contributed by atoms with Gasteiger partial charge in [-0.2, -0.15) is 0 Å². The molecule has 2 aromatic carbocycles. The summed E-state index contributed by atoms with van der Waals surface area (Å²) in [5.74, 6) is -0.262. The number of carbonyl (C=O) groups is 3. The molecule has 1 aliphatic rings. The fraction of sp³-hybridized carbons (Fsp3) is 0.261. The lowest BCUT2D eigenvalue weighted by Crippen LogP contribution is -2.30. The van der Waals surface area contributed by atoms with Gasteiger partial charge in [-0.05, 0) is 47.9 Å². The molecule has 2 aromatic rings. The standard InChI is InChI=1S/C23H23Cl2N3O5/c1-12(2)7-19(29)26-15-3-5-16(6-4-15)27-20(30)8-13-9-21(33-23(31)32)28-18-11-14(24)10-17(25)22(13)18/h3-6,8,10-12,21,28H,7,9H2,1-2H3,(H,26,29)(H,27,30)(H,31,32)/b13-8+. The molecule has 0 fully saturated rings. The normalized spacial score (nSPS) is 16.0. The highest BCUT2D eigenvalue weighted by Crippen LogP contribution is 2.40. The van der Waals surface area contributed by atoms with Gasteiger partial charge in [0.05, 0.1) is 5.02 Å². The summed E-state index contributed by atoms with van der Waals surface area (Å²) < 4.78 is 4.84. The molecule has 3 rings (SSSR count). The minimum absolute atomic E-state index is 0.0776. The van der Waals surface area contributed by atoms with Gasteiger partial charge in [-0.3, -0.25) is 9.59 Å². The molecule has 0 saturated carbocycles. The molecule has 10 heteroatoms. The number of anilines is 3. The number of hydrogen-bond acceptors (Lipinski definition) is 5. The molecule has 0 spiro atoms. The van der Waals surface area contributed by atoms with Crippen molar-refractivity contribution in [2.45, 2.75) is 32.9 Å². The van der Waals surface area contributed by atoms with Gasteiger partial charge >= 0.3 is 6.16 Å². The van der Waals surface area contributed by atoms with Crippen LogP contribution in [0.4, 0.5) is 21.9 Å². The number of rotatable bonds is 6. The third-order valence-electron chi connectivity index (χ3n) is 4.68. The average Bonchev–Trinajstić information content (AvgIpc) is 2.67. The van der Waals surface area contributed by atoms with E-state index < -0.39 is 18.3 Å². The van der Waals surface area contributed by atoms with Gasteiger partial charge in [-0.15, -0.1) is 0 Å². The van der Waals surface area contributed by atoms with Crippen LogP contribution >= 0.6 is 23.2 Å². The van der Waals surface area contributed by atoms with E-state index in [1.54, 1.807) is 36.4 Å². The highest BCUT2D eigenvalue weighted by molar-refractivity contribution is 6.36. The van der Waals surface area contributed by atoms with E-state index >= 15 is 0 Å². The van der Waals surface area contributed by atoms with E-state index in [1.807, 2.05) is 13.8 Å². The summed E-state index contributed by atoms with van der Waals surface area (Å²) in [6.45, 7) is 3.93. The van der Waals surface area contributed by atoms with E-state index in [9.17, 15) is 14.4 Å². The molecule has 0 bridgehead atoms. The van der Waals surface area contributed by atoms with Gasteiger partial charge in [0.15, 0.2) is 6.23 Å². The van der Waals surface area contributed by atoms with Gasteiger partial charge < -0.3 is 25.8 Å². The Morgan fingerprint density at radius 3 is 2.39 bits per heavy atom. The van der Waals surface area contributed by atoms with Crippen molar-refractivity contribution >= 4 is 63.8 Å². The van der Waals surface area contributed by atoms with E-state index in [0.29, 0.717) is 44.7 Å². The molecule has 0 aromatic heterocycles. The molecule has 1 aliphatic heterocycles. The van der Waals surface area contributed by atoms with Gasteiger partial charge in [0.25, 0.3) is 0 Å². The molecule has 33 heavy (non-hydrogen) atoms. The fourth-order valence-corrected chi connectivity index (χ4v) is 4.04. The van der Waals surface area contributed by atoms with Crippen LogP contribution in [0.5, 0.6) is 0 Å². The molecule has 8 nitrogen and oxygen atoms in total. The number of amides is 2. The molecule has 0 radical (unpaired) electrons. The van der Waals surface area contributed by atoms with E-state index in [0.717, 1.165) is 0 Å². The predicted molar refractivity (Wildman–Crippen MR) is 129 cm³/mol. The van der Waals surface area contributed by atoms with Crippen LogP contribution in [-0.2, 0) is 14.3 Å². The second-order valence-electron chi connectivity index (χ2n) is 7.91. The zero-order valence-corrected chi connectivity index (χ0v) is 19.5. The molecule has 1 atom stereocenters. The summed E-state index contributed by atoms with van der Waals surface area (Å²) in [5.41, 5.74) is 2.65. The highest BCUT2D eigenvalue weighted by atomic mass is 35.5. The Labute approximate surface area is 200 Å². The Balaban J connectivity index is 1.76. The van der Waals surface area contributed by atoms with Crippen molar-refractivity contribution in [1.82, 2.24) is 0 Å². The first-order valence-electron chi connectivity index (χ1n) is 10.2. The lowest BCUT2D eigenvalue weighted by Gasteiger charge is -2.28. The van der Waals surface area contributed by atoms with Gasteiger partial charge in [0.2, 0.25) is 11.8 Å². The zero-order chi connectivity index (χ0) is 24.1. The Morgan fingerprint density at radius 2 is 1.79 bits per heavy atom. The lowest BCUT2D eigenvalue weighted by molar-refractivity contribution is -0.117. The number of fused-ring (bicyclic) bond motifs is 1. The first-order chi connectivity index (χ1) is 15.6. The Bertz CT molecular complexity index is 1100. The van der Waals surface area contributed by atoms with Crippen LogP contribution in [0.25, 0.3) is 5.57 Å². The quantitative estimate of drug-likeness (QED) is 0.298. The molecule has 2 amide bonds. The van der Waals surface area contributed by atoms with Crippen molar-refractivity contribution in [2.75, 3.05) is 16.0 Å².